The van der Waals surface area contributed by atoms with Crippen LogP contribution in [0.25, 0.3) is 0 Å². The smallest absolute Gasteiger partial charge is 0.423 e. The monoisotopic (exact) mass is 185 g/mol. The van der Waals surface area contributed by atoms with Gasteiger partial charge in [0.2, 0.25) is 6.20 Å². The minimum Gasteiger partial charge on any atom is -0.444 e. The van der Waals surface area contributed by atoms with Crippen molar-refractivity contribution >= 4 is 5.69 Å². The molecule has 1 aromatic heterocycles. The van der Waals surface area contributed by atoms with Gasteiger partial charge in [0, 0.05) is 4.73 Å². The quantitative estimate of drug-likeness (QED) is 0.314. The number of ether oxygens (including phenoxy) is 1. The molecule has 0 amide bonds. The van der Waals surface area contributed by atoms with Crippen LogP contribution in [0.1, 0.15) is 5.56 Å². The molecule has 0 aliphatic heterocycles. The molecule has 0 unspecified atom stereocenters. The van der Waals surface area contributed by atoms with Gasteiger partial charge in [-0.2, -0.15) is 0 Å². The van der Waals surface area contributed by atoms with Crippen molar-refractivity contribution in [1.29, 1.82) is 0 Å². The van der Waals surface area contributed by atoms with E-state index in [1.807, 2.05) is 0 Å². The first-order chi connectivity index (χ1) is 6.06. The predicted molar refractivity (Wildman–Crippen MR) is 41.8 cm³/mol. The first-order valence-electron chi connectivity index (χ1n) is 3.50. The molecule has 0 spiro atoms. The highest BCUT2D eigenvalue weighted by Crippen LogP contribution is 2.19. The second-order valence-electron chi connectivity index (χ2n) is 2.49. The summed E-state index contributed by atoms with van der Waals surface area (Å²) < 4.78 is 5.40. The largest absolute Gasteiger partial charge is 0.444 e. The van der Waals surface area contributed by atoms with E-state index in [2.05, 4.69) is 0 Å². The number of hydrogen-bond acceptors (Lipinski definition) is 4. The number of methoxy groups -OCH3 is 1. The number of nitrogens with zero attached hydrogens (tertiary/aromatic N) is 2. The van der Waals surface area contributed by atoms with Crippen molar-refractivity contribution in [2.75, 3.05) is 7.11 Å². The van der Waals surface area contributed by atoms with Crippen LogP contribution in [0.3, 0.4) is 0 Å². The zero-order valence-corrected chi connectivity index (χ0v) is 7.22. The van der Waals surface area contributed by atoms with E-state index in [9.17, 15) is 10.1 Å². The maximum Gasteiger partial charge on any atom is 0.423 e. The first-order valence-corrected chi connectivity index (χ1v) is 3.50. The third-order valence-corrected chi connectivity index (χ3v) is 1.61. The topological polar surface area (TPSA) is 76.5 Å². The van der Waals surface area contributed by atoms with Crippen molar-refractivity contribution < 1.29 is 19.6 Å². The van der Waals surface area contributed by atoms with E-state index in [0.29, 0.717) is 10.3 Å². The van der Waals surface area contributed by atoms with Crippen LogP contribution in [0.2, 0.25) is 0 Å². The van der Waals surface area contributed by atoms with Gasteiger partial charge in [-0.3, -0.25) is 15.3 Å². The van der Waals surface area contributed by atoms with E-state index in [0.717, 1.165) is 6.07 Å². The first kappa shape index (κ1) is 9.24. The van der Waals surface area contributed by atoms with Crippen LogP contribution in [0, 0.1) is 17.0 Å². The van der Waals surface area contributed by atoms with Crippen molar-refractivity contribution in [2.45, 2.75) is 6.92 Å². The summed E-state index contributed by atoms with van der Waals surface area (Å²) in [7, 11) is 1.32. The molecule has 13 heavy (non-hydrogen) atoms. The second-order valence-corrected chi connectivity index (χ2v) is 2.49. The SMILES string of the molecule is COc1cc([N+](=O)[O-])c(C)c[n+]1O. The second kappa shape index (κ2) is 3.26. The van der Waals surface area contributed by atoms with Gasteiger partial charge in [0.15, 0.2) is 0 Å². The Hall–Kier alpha value is -1.85. The summed E-state index contributed by atoms with van der Waals surface area (Å²) in [6.07, 6.45) is 1.22. The fourth-order valence-corrected chi connectivity index (χ4v) is 0.959. The van der Waals surface area contributed by atoms with Crippen molar-refractivity contribution in [2.24, 2.45) is 0 Å². The van der Waals surface area contributed by atoms with Crippen LogP contribution in [0.5, 0.6) is 5.88 Å². The average Bonchev–Trinajstić information content (AvgIpc) is 2.03. The molecule has 0 fully saturated rings. The van der Waals surface area contributed by atoms with Crippen molar-refractivity contribution in [3.05, 3.63) is 27.9 Å². The number of aromatic nitrogens is 1. The van der Waals surface area contributed by atoms with E-state index in [1.54, 1.807) is 0 Å². The molecule has 0 radical (unpaired) electrons. The Morgan fingerprint density at radius 1 is 1.69 bits per heavy atom. The molecule has 0 saturated heterocycles. The minimum atomic E-state index is -0.530. The zero-order chi connectivity index (χ0) is 10.0. The van der Waals surface area contributed by atoms with Crippen molar-refractivity contribution in [1.82, 2.24) is 0 Å². The lowest BCUT2D eigenvalue weighted by molar-refractivity contribution is -0.906. The summed E-state index contributed by atoms with van der Waals surface area (Å²) >= 11 is 0. The third-order valence-electron chi connectivity index (χ3n) is 1.61. The number of hydrogen-bond donors (Lipinski definition) is 1. The third kappa shape index (κ3) is 1.66. The molecule has 0 aliphatic rings. The molecule has 1 aromatic rings. The maximum absolute atomic E-state index is 10.5. The van der Waals surface area contributed by atoms with Crippen molar-refractivity contribution in [3.63, 3.8) is 0 Å². The number of rotatable bonds is 2. The molecule has 0 atom stereocenters. The van der Waals surface area contributed by atoms with Crippen molar-refractivity contribution in [3.8, 4) is 5.88 Å². The maximum atomic E-state index is 10.5. The van der Waals surface area contributed by atoms with E-state index in [4.69, 9.17) is 9.94 Å². The van der Waals surface area contributed by atoms with Gasteiger partial charge in [0.1, 0.15) is 6.07 Å². The van der Waals surface area contributed by atoms with Gasteiger partial charge in [-0.25, -0.2) is 0 Å². The fourth-order valence-electron chi connectivity index (χ4n) is 0.959. The average molecular weight is 185 g/mol. The summed E-state index contributed by atoms with van der Waals surface area (Å²) in [6.45, 7) is 1.53. The highest BCUT2D eigenvalue weighted by Gasteiger charge is 2.21. The van der Waals surface area contributed by atoms with Crippen LogP contribution in [0.4, 0.5) is 5.69 Å². The van der Waals surface area contributed by atoms with E-state index in [1.165, 1.54) is 20.2 Å². The van der Waals surface area contributed by atoms with E-state index in [-0.39, 0.29) is 11.6 Å². The molecule has 1 rings (SSSR count). The Morgan fingerprint density at radius 3 is 2.77 bits per heavy atom. The molecular formula is C7H9N2O4+. The summed E-state index contributed by atoms with van der Waals surface area (Å²) in [6, 6.07) is 1.16. The van der Waals surface area contributed by atoms with Crippen LogP contribution in [-0.4, -0.2) is 17.2 Å². The highest BCUT2D eigenvalue weighted by atomic mass is 16.6. The van der Waals surface area contributed by atoms with Gasteiger partial charge in [-0.1, -0.05) is 0 Å². The summed E-state index contributed by atoms with van der Waals surface area (Å²) in [4.78, 5) is 9.93. The van der Waals surface area contributed by atoms with Gasteiger partial charge in [0.05, 0.1) is 17.6 Å². The van der Waals surface area contributed by atoms with Crippen LogP contribution >= 0.6 is 0 Å². The Kier molecular flexibility index (Phi) is 2.32. The summed E-state index contributed by atoms with van der Waals surface area (Å²) in [5.41, 5.74) is 0.287. The molecule has 6 heteroatoms. The molecular weight excluding hydrogens is 176 g/mol. The van der Waals surface area contributed by atoms with Crippen LogP contribution in [0.15, 0.2) is 12.3 Å². The minimum absolute atomic E-state index is 0.0253. The standard InChI is InChI=1S/C7H9N2O4/c1-5-4-8(10)7(13-2)3-6(5)9(11)12/h3-4,10H,1-2H3/q+1. The molecule has 0 aromatic carbocycles. The lowest BCUT2D eigenvalue weighted by Crippen LogP contribution is -2.32. The molecule has 6 nitrogen and oxygen atoms in total. The predicted octanol–water partition coefficient (Wildman–Crippen LogP) is 0.437. The highest BCUT2D eigenvalue weighted by molar-refractivity contribution is 5.38. The zero-order valence-electron chi connectivity index (χ0n) is 7.22. The van der Waals surface area contributed by atoms with Crippen LogP contribution < -0.4 is 9.47 Å². The number of pyridine rings is 1. The molecule has 70 valence electrons. The lowest BCUT2D eigenvalue weighted by atomic mass is 10.2. The summed E-state index contributed by atoms with van der Waals surface area (Å²) in [5.74, 6) is 0.0253. The number of nitro groups is 1. The molecule has 1 heterocycles. The van der Waals surface area contributed by atoms with Gasteiger partial charge in [-0.05, 0) is 6.92 Å². The van der Waals surface area contributed by atoms with Crippen LogP contribution in [-0.2, 0) is 0 Å². The molecule has 0 saturated carbocycles. The van der Waals surface area contributed by atoms with Gasteiger partial charge in [-0.15, -0.1) is 0 Å². The van der Waals surface area contributed by atoms with Gasteiger partial charge < -0.3 is 4.74 Å². The Labute approximate surface area is 74.1 Å². The Balaban J connectivity index is 3.30. The number of aryl methyl sites for hydroxylation is 1. The van der Waals surface area contributed by atoms with E-state index < -0.39 is 4.92 Å². The molecule has 0 aliphatic carbocycles. The van der Waals surface area contributed by atoms with Gasteiger partial charge >= 0.3 is 5.88 Å². The lowest BCUT2D eigenvalue weighted by Gasteiger charge is -1.96. The Morgan fingerprint density at radius 2 is 2.31 bits per heavy atom. The van der Waals surface area contributed by atoms with E-state index >= 15 is 0 Å². The fraction of sp³-hybridized carbons (Fsp3) is 0.286. The summed E-state index contributed by atoms with van der Waals surface area (Å²) in [5, 5.41) is 19.6. The normalized spacial score (nSPS) is 9.69. The Bertz CT molecular complexity index is 351. The van der Waals surface area contributed by atoms with Gasteiger partial charge in [0.25, 0.3) is 5.69 Å². The molecule has 1 N–H and O–H groups in total. The molecule has 0 bridgehead atoms.